The number of benzene rings is 2. The summed E-state index contributed by atoms with van der Waals surface area (Å²) in [5.74, 6) is -0.474. The SMILES string of the molecule is COCCN1CCN(C(=O)c2ccc(C(=O)Nc3ccc(Cl)c(-c4ccccn4)c3)c(Cl)c2)CC1. The molecule has 1 N–H and O–H groups in total. The van der Waals surface area contributed by atoms with Crippen LogP contribution in [0.3, 0.4) is 0 Å². The monoisotopic (exact) mass is 512 g/mol. The molecule has 0 radical (unpaired) electrons. The number of hydrogen-bond donors (Lipinski definition) is 1. The molecule has 1 fully saturated rings. The normalized spacial score (nSPS) is 14.1. The van der Waals surface area contributed by atoms with Gasteiger partial charge in [0.1, 0.15) is 0 Å². The highest BCUT2D eigenvalue weighted by atomic mass is 35.5. The Bertz CT molecular complexity index is 1200. The summed E-state index contributed by atoms with van der Waals surface area (Å²) < 4.78 is 5.12. The van der Waals surface area contributed by atoms with Gasteiger partial charge in [-0.15, -0.1) is 0 Å². The second kappa shape index (κ2) is 11.6. The molecule has 7 nitrogen and oxygen atoms in total. The van der Waals surface area contributed by atoms with E-state index in [4.69, 9.17) is 27.9 Å². The number of piperazine rings is 1. The molecule has 0 spiro atoms. The van der Waals surface area contributed by atoms with Crippen LogP contribution in [0.1, 0.15) is 20.7 Å². The molecule has 2 amide bonds. The van der Waals surface area contributed by atoms with E-state index in [0.717, 1.165) is 19.6 Å². The number of pyridine rings is 1. The highest BCUT2D eigenvalue weighted by Gasteiger charge is 2.23. The van der Waals surface area contributed by atoms with Crippen LogP contribution in [0.4, 0.5) is 5.69 Å². The average molecular weight is 513 g/mol. The van der Waals surface area contributed by atoms with Gasteiger partial charge >= 0.3 is 0 Å². The number of ether oxygens (including phenoxy) is 1. The van der Waals surface area contributed by atoms with Crippen molar-refractivity contribution in [3.8, 4) is 11.3 Å². The molecule has 35 heavy (non-hydrogen) atoms. The summed E-state index contributed by atoms with van der Waals surface area (Å²) in [6.45, 7) is 4.39. The molecule has 2 aromatic carbocycles. The zero-order valence-corrected chi connectivity index (χ0v) is 20.9. The molecule has 1 aromatic heterocycles. The number of carbonyl (C=O) groups is 2. The molecule has 4 rings (SSSR count). The van der Waals surface area contributed by atoms with E-state index in [-0.39, 0.29) is 22.4 Å². The number of nitrogens with zero attached hydrogens (tertiary/aromatic N) is 3. The lowest BCUT2D eigenvalue weighted by Crippen LogP contribution is -2.49. The lowest BCUT2D eigenvalue weighted by molar-refractivity contribution is 0.0594. The predicted octanol–water partition coefficient (Wildman–Crippen LogP) is 4.71. The molecule has 0 atom stereocenters. The summed E-state index contributed by atoms with van der Waals surface area (Å²) in [5, 5.41) is 3.59. The van der Waals surface area contributed by atoms with Crippen LogP contribution in [0.15, 0.2) is 60.8 Å². The molecule has 0 bridgehead atoms. The van der Waals surface area contributed by atoms with Gasteiger partial charge in [0.25, 0.3) is 11.8 Å². The van der Waals surface area contributed by atoms with Gasteiger partial charge in [0.15, 0.2) is 0 Å². The van der Waals surface area contributed by atoms with Gasteiger partial charge in [-0.25, -0.2) is 0 Å². The number of nitrogens with one attached hydrogen (secondary N) is 1. The summed E-state index contributed by atoms with van der Waals surface area (Å²) in [4.78, 5) is 34.3. The summed E-state index contributed by atoms with van der Waals surface area (Å²) in [5.41, 5.74) is 2.71. The zero-order chi connectivity index (χ0) is 24.8. The van der Waals surface area contributed by atoms with E-state index in [1.807, 2.05) is 23.1 Å². The molecule has 9 heteroatoms. The lowest BCUT2D eigenvalue weighted by Gasteiger charge is -2.34. The number of rotatable bonds is 7. The van der Waals surface area contributed by atoms with Crippen molar-refractivity contribution < 1.29 is 14.3 Å². The maximum atomic E-state index is 13.0. The third-order valence-electron chi connectivity index (χ3n) is 5.90. The molecule has 1 aliphatic rings. The number of anilines is 1. The number of hydrogen-bond acceptors (Lipinski definition) is 5. The van der Waals surface area contributed by atoms with E-state index in [2.05, 4.69) is 15.2 Å². The predicted molar refractivity (Wildman–Crippen MR) is 138 cm³/mol. The molecule has 1 aliphatic heterocycles. The minimum Gasteiger partial charge on any atom is -0.383 e. The Morgan fingerprint density at radius 1 is 1.00 bits per heavy atom. The average Bonchev–Trinajstić information content (AvgIpc) is 2.88. The first-order chi connectivity index (χ1) is 17.0. The van der Waals surface area contributed by atoms with Crippen LogP contribution in [0.25, 0.3) is 11.3 Å². The van der Waals surface area contributed by atoms with Crippen molar-refractivity contribution in [2.45, 2.75) is 0 Å². The highest BCUT2D eigenvalue weighted by molar-refractivity contribution is 6.35. The van der Waals surface area contributed by atoms with Gasteiger partial charge in [-0.3, -0.25) is 19.5 Å². The summed E-state index contributed by atoms with van der Waals surface area (Å²) in [6, 6.07) is 15.5. The van der Waals surface area contributed by atoms with Crippen LogP contribution in [-0.4, -0.2) is 73.0 Å². The Morgan fingerprint density at radius 2 is 1.80 bits per heavy atom. The van der Waals surface area contributed by atoms with Crippen LogP contribution in [0.5, 0.6) is 0 Å². The molecule has 0 aliphatic carbocycles. The van der Waals surface area contributed by atoms with Gasteiger partial charge in [0.05, 0.1) is 27.9 Å². The van der Waals surface area contributed by atoms with Crippen LogP contribution >= 0.6 is 23.2 Å². The Labute approximate surface area is 214 Å². The second-order valence-electron chi connectivity index (χ2n) is 8.18. The Hall–Kier alpha value is -2.97. The number of methoxy groups -OCH3 is 1. The van der Waals surface area contributed by atoms with Gasteiger partial charge < -0.3 is 15.0 Å². The standard InChI is InChI=1S/C26H26Cl2N4O3/c1-35-15-14-31-10-12-32(13-11-31)26(34)18-5-7-20(23(28)16-18)25(33)30-19-6-8-22(27)21(17-19)24-4-2-3-9-29-24/h2-9,16-17H,10-15H2,1H3,(H,30,33). The summed E-state index contributed by atoms with van der Waals surface area (Å²) in [7, 11) is 1.68. The van der Waals surface area contributed by atoms with Crippen LogP contribution in [0.2, 0.25) is 10.0 Å². The van der Waals surface area contributed by atoms with E-state index in [1.165, 1.54) is 0 Å². The molecule has 3 aromatic rings. The van der Waals surface area contributed by atoms with Gasteiger partial charge in [0.2, 0.25) is 0 Å². The van der Waals surface area contributed by atoms with Gasteiger partial charge in [-0.1, -0.05) is 29.3 Å². The van der Waals surface area contributed by atoms with Crippen molar-refractivity contribution in [3.05, 3.63) is 82.0 Å². The van der Waals surface area contributed by atoms with E-state index < -0.39 is 0 Å². The Balaban J connectivity index is 1.43. The van der Waals surface area contributed by atoms with Crippen molar-refractivity contribution in [2.75, 3.05) is 51.8 Å². The fourth-order valence-corrected chi connectivity index (χ4v) is 4.41. The lowest BCUT2D eigenvalue weighted by atomic mass is 10.1. The van der Waals surface area contributed by atoms with Crippen LogP contribution in [0, 0.1) is 0 Å². The van der Waals surface area contributed by atoms with E-state index in [9.17, 15) is 9.59 Å². The molecule has 0 unspecified atom stereocenters. The summed E-state index contributed by atoms with van der Waals surface area (Å²) in [6.07, 6.45) is 1.68. The molecule has 0 saturated carbocycles. The molecule has 2 heterocycles. The first-order valence-electron chi connectivity index (χ1n) is 11.3. The zero-order valence-electron chi connectivity index (χ0n) is 19.3. The third kappa shape index (κ3) is 6.18. The van der Waals surface area contributed by atoms with Crippen molar-refractivity contribution in [2.24, 2.45) is 0 Å². The maximum Gasteiger partial charge on any atom is 0.257 e. The molecule has 1 saturated heterocycles. The first kappa shape index (κ1) is 25.1. The van der Waals surface area contributed by atoms with Crippen LogP contribution in [-0.2, 0) is 4.74 Å². The van der Waals surface area contributed by atoms with Gasteiger partial charge in [-0.2, -0.15) is 0 Å². The number of aromatic nitrogens is 1. The smallest absolute Gasteiger partial charge is 0.257 e. The fraction of sp³-hybridized carbons (Fsp3) is 0.269. The third-order valence-corrected chi connectivity index (χ3v) is 6.54. The van der Waals surface area contributed by atoms with Crippen LogP contribution < -0.4 is 5.32 Å². The number of amides is 2. The van der Waals surface area contributed by atoms with Crippen molar-refractivity contribution >= 4 is 40.7 Å². The Kier molecular flexibility index (Phi) is 8.36. The molecule has 182 valence electrons. The number of halogens is 2. The molecular weight excluding hydrogens is 487 g/mol. The minimum absolute atomic E-state index is 0.0945. The van der Waals surface area contributed by atoms with Gasteiger partial charge in [0, 0.05) is 62.8 Å². The van der Waals surface area contributed by atoms with Crippen molar-refractivity contribution in [3.63, 3.8) is 0 Å². The van der Waals surface area contributed by atoms with E-state index in [1.54, 1.807) is 49.7 Å². The minimum atomic E-state index is -0.380. The van der Waals surface area contributed by atoms with E-state index in [0.29, 0.717) is 47.2 Å². The van der Waals surface area contributed by atoms with Gasteiger partial charge in [-0.05, 0) is 48.5 Å². The van der Waals surface area contributed by atoms with Crippen molar-refractivity contribution in [1.29, 1.82) is 0 Å². The Morgan fingerprint density at radius 3 is 2.49 bits per heavy atom. The maximum absolute atomic E-state index is 13.0. The highest BCUT2D eigenvalue weighted by Crippen LogP contribution is 2.30. The largest absolute Gasteiger partial charge is 0.383 e. The second-order valence-corrected chi connectivity index (χ2v) is 9.00. The summed E-state index contributed by atoms with van der Waals surface area (Å²) >= 11 is 12.8. The molecular formula is C26H26Cl2N4O3. The quantitative estimate of drug-likeness (QED) is 0.496. The number of carbonyl (C=O) groups excluding carboxylic acids is 2. The topological polar surface area (TPSA) is 74.8 Å². The first-order valence-corrected chi connectivity index (χ1v) is 12.0. The fourth-order valence-electron chi connectivity index (χ4n) is 3.93. The van der Waals surface area contributed by atoms with E-state index >= 15 is 0 Å². The van der Waals surface area contributed by atoms with Crippen molar-refractivity contribution in [1.82, 2.24) is 14.8 Å².